The molecule has 0 saturated heterocycles. The summed E-state index contributed by atoms with van der Waals surface area (Å²) in [6, 6.07) is 16.2. The van der Waals surface area contributed by atoms with Gasteiger partial charge >= 0.3 is 5.97 Å². The second kappa shape index (κ2) is 8.40. The number of halogens is 1. The van der Waals surface area contributed by atoms with Crippen LogP contribution in [-0.2, 0) is 9.53 Å². The molecule has 0 spiro atoms. The minimum absolute atomic E-state index is 0.135. The van der Waals surface area contributed by atoms with Gasteiger partial charge in [-0.25, -0.2) is 9.18 Å². The predicted octanol–water partition coefficient (Wildman–Crippen LogP) is 3.90. The molecule has 0 atom stereocenters. The van der Waals surface area contributed by atoms with Crippen LogP contribution in [0.1, 0.15) is 27.2 Å². The van der Waals surface area contributed by atoms with E-state index < -0.39 is 24.3 Å². The molecule has 0 aliphatic heterocycles. The van der Waals surface area contributed by atoms with Crippen LogP contribution in [0.3, 0.4) is 0 Å². The van der Waals surface area contributed by atoms with Gasteiger partial charge in [-0.3, -0.25) is 9.36 Å². The Hall–Kier alpha value is -3.92. The molecule has 0 aliphatic carbocycles. The zero-order chi connectivity index (χ0) is 21.0. The molecule has 3 rings (SSSR count). The number of hydrogen-bond donors (Lipinski definition) is 1. The third-order valence-corrected chi connectivity index (χ3v) is 4.51. The van der Waals surface area contributed by atoms with Gasteiger partial charge < -0.3 is 10.1 Å². The second-order valence-corrected chi connectivity index (χ2v) is 6.35. The number of amides is 1. The molecule has 0 aliphatic rings. The monoisotopic (exact) mass is 391 g/mol. The van der Waals surface area contributed by atoms with E-state index in [2.05, 4.69) is 11.4 Å². The summed E-state index contributed by atoms with van der Waals surface area (Å²) in [6.07, 6.45) is 0. The maximum atomic E-state index is 12.9. The molecule has 1 N–H and O–H groups in total. The summed E-state index contributed by atoms with van der Waals surface area (Å²) in [4.78, 5) is 24.4. The van der Waals surface area contributed by atoms with Crippen LogP contribution in [0.5, 0.6) is 0 Å². The molecule has 146 valence electrons. The molecule has 0 fully saturated rings. The zero-order valence-electron chi connectivity index (χ0n) is 15.9. The van der Waals surface area contributed by atoms with Crippen LogP contribution >= 0.6 is 0 Å². The van der Waals surface area contributed by atoms with Crippen molar-refractivity contribution in [1.29, 1.82) is 5.26 Å². The fourth-order valence-corrected chi connectivity index (χ4v) is 2.93. The van der Waals surface area contributed by atoms with Crippen LogP contribution in [0.4, 0.5) is 10.2 Å². The normalized spacial score (nSPS) is 10.3. The summed E-state index contributed by atoms with van der Waals surface area (Å²) in [6.45, 7) is 3.12. The van der Waals surface area contributed by atoms with Crippen molar-refractivity contribution in [3.05, 3.63) is 82.8 Å². The minimum Gasteiger partial charge on any atom is -0.452 e. The molecule has 0 unspecified atom stereocenters. The first-order valence-corrected chi connectivity index (χ1v) is 8.82. The summed E-state index contributed by atoms with van der Waals surface area (Å²) in [5.41, 5.74) is 2.82. The Kier molecular flexibility index (Phi) is 5.74. The van der Waals surface area contributed by atoms with Gasteiger partial charge in [0.1, 0.15) is 17.7 Å². The molecule has 1 amide bonds. The van der Waals surface area contributed by atoms with Gasteiger partial charge in [0, 0.05) is 11.4 Å². The van der Waals surface area contributed by atoms with E-state index >= 15 is 0 Å². The number of nitriles is 1. The number of ether oxygens (including phenoxy) is 1. The van der Waals surface area contributed by atoms with Gasteiger partial charge in [-0.2, -0.15) is 5.26 Å². The molecule has 6 nitrogen and oxygen atoms in total. The van der Waals surface area contributed by atoms with Crippen LogP contribution in [0.15, 0.2) is 54.6 Å². The third-order valence-electron chi connectivity index (χ3n) is 4.51. The first-order chi connectivity index (χ1) is 13.9. The summed E-state index contributed by atoms with van der Waals surface area (Å²) in [5, 5.41) is 12.2. The van der Waals surface area contributed by atoms with Crippen molar-refractivity contribution in [2.45, 2.75) is 13.8 Å². The number of hydrogen-bond acceptors (Lipinski definition) is 4. The molecule has 29 heavy (non-hydrogen) atoms. The van der Waals surface area contributed by atoms with Crippen molar-refractivity contribution in [3.8, 4) is 11.8 Å². The van der Waals surface area contributed by atoms with E-state index in [1.54, 1.807) is 11.5 Å². The van der Waals surface area contributed by atoms with Crippen molar-refractivity contribution in [2.24, 2.45) is 0 Å². The quantitative estimate of drug-likeness (QED) is 0.669. The number of aromatic nitrogens is 1. The molecule has 1 aromatic heterocycles. The van der Waals surface area contributed by atoms with E-state index in [-0.39, 0.29) is 5.56 Å². The highest BCUT2D eigenvalue weighted by molar-refractivity contribution is 5.96. The summed E-state index contributed by atoms with van der Waals surface area (Å²) in [7, 11) is 0. The number of benzene rings is 2. The van der Waals surface area contributed by atoms with Crippen LogP contribution in [0, 0.1) is 31.0 Å². The van der Waals surface area contributed by atoms with Gasteiger partial charge in [0.05, 0.1) is 11.1 Å². The fraction of sp³-hybridized carbons (Fsp3) is 0.136. The Morgan fingerprint density at radius 2 is 1.76 bits per heavy atom. The molecular formula is C22H18FN3O3. The highest BCUT2D eigenvalue weighted by atomic mass is 19.1. The highest BCUT2D eigenvalue weighted by Crippen LogP contribution is 2.29. The first-order valence-electron chi connectivity index (χ1n) is 8.82. The molecule has 1 heterocycles. The topological polar surface area (TPSA) is 84.1 Å². The molecule has 0 radical (unpaired) electrons. The lowest BCUT2D eigenvalue weighted by molar-refractivity contribution is -0.119. The fourth-order valence-electron chi connectivity index (χ4n) is 2.93. The van der Waals surface area contributed by atoms with Crippen LogP contribution in [0.2, 0.25) is 0 Å². The van der Waals surface area contributed by atoms with Crippen molar-refractivity contribution in [1.82, 2.24) is 4.57 Å². The van der Waals surface area contributed by atoms with Gasteiger partial charge in [-0.05, 0) is 55.8 Å². The standard InChI is InChI=1S/C22H18FN3O3/c1-14-15(2)26(18-6-4-3-5-7-18)21(19(14)12-24)25-20(27)13-29-22(28)16-8-10-17(23)11-9-16/h3-11H,13H2,1-2H3,(H,25,27). The van der Waals surface area contributed by atoms with Crippen molar-refractivity contribution < 1.29 is 18.7 Å². The summed E-state index contributed by atoms with van der Waals surface area (Å²) in [5.74, 6) is -1.50. The lowest BCUT2D eigenvalue weighted by Crippen LogP contribution is -2.22. The molecule has 3 aromatic rings. The van der Waals surface area contributed by atoms with Crippen molar-refractivity contribution in [3.63, 3.8) is 0 Å². The van der Waals surface area contributed by atoms with Gasteiger partial charge in [0.15, 0.2) is 6.61 Å². The van der Waals surface area contributed by atoms with Crippen LogP contribution in [0.25, 0.3) is 5.69 Å². The Morgan fingerprint density at radius 3 is 2.38 bits per heavy atom. The van der Waals surface area contributed by atoms with E-state index in [4.69, 9.17) is 4.74 Å². The number of esters is 1. The highest BCUT2D eigenvalue weighted by Gasteiger charge is 2.21. The lowest BCUT2D eigenvalue weighted by atomic mass is 10.2. The summed E-state index contributed by atoms with van der Waals surface area (Å²) >= 11 is 0. The average Bonchev–Trinajstić information content (AvgIpc) is 2.96. The van der Waals surface area contributed by atoms with Crippen molar-refractivity contribution >= 4 is 17.7 Å². The first kappa shape index (κ1) is 19.8. The lowest BCUT2D eigenvalue weighted by Gasteiger charge is -2.13. The number of para-hydroxylation sites is 1. The SMILES string of the molecule is Cc1c(C#N)c(NC(=O)COC(=O)c2ccc(F)cc2)n(-c2ccccc2)c1C. The molecule has 0 saturated carbocycles. The second-order valence-electron chi connectivity index (χ2n) is 6.35. The maximum absolute atomic E-state index is 12.9. The Bertz CT molecular complexity index is 1100. The van der Waals surface area contributed by atoms with E-state index in [0.717, 1.165) is 29.1 Å². The minimum atomic E-state index is -0.744. The summed E-state index contributed by atoms with van der Waals surface area (Å²) < 4.78 is 19.7. The molecule has 7 heteroatoms. The zero-order valence-corrected chi connectivity index (χ0v) is 15.9. The smallest absolute Gasteiger partial charge is 0.338 e. The Balaban J connectivity index is 1.80. The number of carbonyl (C=O) groups excluding carboxylic acids is 2. The number of nitrogens with zero attached hydrogens (tertiary/aromatic N) is 2. The number of anilines is 1. The van der Waals surface area contributed by atoms with E-state index in [0.29, 0.717) is 11.4 Å². The van der Waals surface area contributed by atoms with Gasteiger partial charge in [-0.1, -0.05) is 18.2 Å². The molecular weight excluding hydrogens is 373 g/mol. The van der Waals surface area contributed by atoms with Crippen molar-refractivity contribution in [2.75, 3.05) is 11.9 Å². The average molecular weight is 391 g/mol. The van der Waals surface area contributed by atoms with Gasteiger partial charge in [-0.15, -0.1) is 0 Å². The molecule has 2 aromatic carbocycles. The number of rotatable bonds is 5. The third kappa shape index (κ3) is 4.17. The molecule has 0 bridgehead atoms. The maximum Gasteiger partial charge on any atom is 0.338 e. The van der Waals surface area contributed by atoms with Gasteiger partial charge in [0.2, 0.25) is 0 Å². The largest absolute Gasteiger partial charge is 0.452 e. The van der Waals surface area contributed by atoms with E-state index in [9.17, 15) is 19.2 Å². The number of carbonyl (C=O) groups is 2. The van der Waals surface area contributed by atoms with Crippen LogP contribution in [-0.4, -0.2) is 23.1 Å². The van der Waals surface area contributed by atoms with Gasteiger partial charge in [0.25, 0.3) is 5.91 Å². The van der Waals surface area contributed by atoms with E-state index in [1.165, 1.54) is 12.1 Å². The number of nitrogens with one attached hydrogen (secondary N) is 1. The predicted molar refractivity (Wildman–Crippen MR) is 105 cm³/mol. The van der Waals surface area contributed by atoms with E-state index in [1.807, 2.05) is 37.3 Å². The Morgan fingerprint density at radius 1 is 1.10 bits per heavy atom. The Labute approximate surface area is 167 Å². The van der Waals surface area contributed by atoms with Crippen LogP contribution < -0.4 is 5.32 Å².